The first kappa shape index (κ1) is 19.3. The highest BCUT2D eigenvalue weighted by Crippen LogP contribution is 2.25. The van der Waals surface area contributed by atoms with E-state index in [1.165, 1.54) is 7.11 Å². The molecule has 0 bridgehead atoms. The summed E-state index contributed by atoms with van der Waals surface area (Å²) in [7, 11) is 1.49. The van der Waals surface area contributed by atoms with Gasteiger partial charge in [-0.3, -0.25) is 9.59 Å². The molecule has 1 aromatic rings. The van der Waals surface area contributed by atoms with Crippen LogP contribution >= 0.6 is 11.8 Å². The van der Waals surface area contributed by atoms with Crippen LogP contribution < -0.4 is 15.4 Å². The van der Waals surface area contributed by atoms with Crippen LogP contribution in [-0.2, 0) is 9.59 Å². The Kier molecular flexibility index (Phi) is 7.38. The van der Waals surface area contributed by atoms with Crippen LogP contribution in [0.25, 0.3) is 0 Å². The van der Waals surface area contributed by atoms with Crippen molar-refractivity contribution < 1.29 is 19.4 Å². The summed E-state index contributed by atoms with van der Waals surface area (Å²) in [5.74, 6) is -0.341. The summed E-state index contributed by atoms with van der Waals surface area (Å²) >= 11 is 1.61. The van der Waals surface area contributed by atoms with Crippen molar-refractivity contribution in [3.8, 4) is 5.75 Å². The maximum atomic E-state index is 12.0. The van der Waals surface area contributed by atoms with Crippen molar-refractivity contribution in [2.45, 2.75) is 25.9 Å². The van der Waals surface area contributed by atoms with Crippen LogP contribution in [0.4, 0.5) is 5.69 Å². The first-order valence-electron chi connectivity index (χ1n) is 7.24. The second kappa shape index (κ2) is 8.79. The van der Waals surface area contributed by atoms with E-state index < -0.39 is 17.4 Å². The van der Waals surface area contributed by atoms with Crippen LogP contribution in [0, 0.1) is 6.92 Å². The lowest BCUT2D eigenvalue weighted by Crippen LogP contribution is -2.44. The zero-order chi connectivity index (χ0) is 17.5. The van der Waals surface area contributed by atoms with Crippen molar-refractivity contribution in [2.75, 3.05) is 31.0 Å². The second-order valence-corrected chi connectivity index (χ2v) is 6.57. The largest absolute Gasteiger partial charge is 0.495 e. The Morgan fingerprint density at radius 2 is 2.04 bits per heavy atom. The normalized spacial score (nSPS) is 13.1. The predicted molar refractivity (Wildman–Crippen MR) is 93.0 cm³/mol. The van der Waals surface area contributed by atoms with Gasteiger partial charge in [0.1, 0.15) is 5.75 Å². The third kappa shape index (κ3) is 6.50. The minimum Gasteiger partial charge on any atom is -0.495 e. The fraction of sp³-hybridized carbons (Fsp3) is 0.500. The molecule has 0 aliphatic rings. The van der Waals surface area contributed by atoms with E-state index in [4.69, 9.17) is 4.74 Å². The molecule has 3 N–H and O–H groups in total. The SMILES string of the molecule is COc1ccc(C)cc1NC(=O)C(=O)NCC(C)(O)CCSC. The highest BCUT2D eigenvalue weighted by atomic mass is 32.2. The Hall–Kier alpha value is -1.73. The van der Waals surface area contributed by atoms with Gasteiger partial charge in [-0.15, -0.1) is 0 Å². The molecule has 0 radical (unpaired) electrons. The highest BCUT2D eigenvalue weighted by Gasteiger charge is 2.23. The van der Waals surface area contributed by atoms with Crippen LogP contribution in [0.15, 0.2) is 18.2 Å². The molecular weight excluding hydrogens is 316 g/mol. The van der Waals surface area contributed by atoms with E-state index in [0.29, 0.717) is 17.9 Å². The number of ether oxygens (including phenoxy) is 1. The summed E-state index contributed by atoms with van der Waals surface area (Å²) in [6.07, 6.45) is 2.47. The number of methoxy groups -OCH3 is 1. The van der Waals surface area contributed by atoms with Gasteiger partial charge in [-0.25, -0.2) is 0 Å². The molecule has 7 heteroatoms. The Bertz CT molecular complexity index is 561. The lowest BCUT2D eigenvalue weighted by atomic mass is 10.0. The van der Waals surface area contributed by atoms with Crippen LogP contribution in [0.5, 0.6) is 5.75 Å². The highest BCUT2D eigenvalue weighted by molar-refractivity contribution is 7.98. The average Bonchev–Trinajstić information content (AvgIpc) is 2.51. The van der Waals surface area contributed by atoms with Gasteiger partial charge in [0.2, 0.25) is 0 Å². The molecule has 1 aromatic carbocycles. The van der Waals surface area contributed by atoms with Gasteiger partial charge >= 0.3 is 11.8 Å². The fourth-order valence-electron chi connectivity index (χ4n) is 1.86. The van der Waals surface area contributed by atoms with Gasteiger partial charge < -0.3 is 20.5 Å². The number of rotatable bonds is 7. The van der Waals surface area contributed by atoms with Crippen molar-refractivity contribution in [3.63, 3.8) is 0 Å². The number of hydrogen-bond donors (Lipinski definition) is 3. The molecule has 0 heterocycles. The first-order chi connectivity index (χ1) is 10.8. The van der Waals surface area contributed by atoms with Gasteiger partial charge in [-0.2, -0.15) is 11.8 Å². The number of anilines is 1. The molecule has 1 unspecified atom stereocenters. The predicted octanol–water partition coefficient (Wildman–Crippen LogP) is 1.56. The molecule has 0 aliphatic heterocycles. The van der Waals surface area contributed by atoms with E-state index >= 15 is 0 Å². The molecule has 128 valence electrons. The first-order valence-corrected chi connectivity index (χ1v) is 8.63. The molecule has 0 saturated heterocycles. The zero-order valence-corrected chi connectivity index (χ0v) is 14.8. The number of thioether (sulfide) groups is 1. The Balaban J connectivity index is 2.61. The number of aliphatic hydroxyl groups is 1. The van der Waals surface area contributed by atoms with E-state index in [9.17, 15) is 14.7 Å². The number of amides is 2. The quantitative estimate of drug-likeness (QED) is 0.656. The smallest absolute Gasteiger partial charge is 0.313 e. The topological polar surface area (TPSA) is 87.7 Å². The maximum absolute atomic E-state index is 12.0. The Morgan fingerprint density at radius 3 is 2.65 bits per heavy atom. The van der Waals surface area contributed by atoms with Crippen LogP contribution in [0.3, 0.4) is 0 Å². The van der Waals surface area contributed by atoms with Crippen molar-refractivity contribution in [1.82, 2.24) is 5.32 Å². The van der Waals surface area contributed by atoms with E-state index in [0.717, 1.165) is 11.3 Å². The van der Waals surface area contributed by atoms with E-state index in [1.54, 1.807) is 30.8 Å². The molecule has 0 fully saturated rings. The van der Waals surface area contributed by atoms with Crippen molar-refractivity contribution in [3.05, 3.63) is 23.8 Å². The van der Waals surface area contributed by atoms with Crippen molar-refractivity contribution >= 4 is 29.3 Å². The molecule has 6 nitrogen and oxygen atoms in total. The van der Waals surface area contributed by atoms with Gasteiger partial charge in [0.25, 0.3) is 0 Å². The Morgan fingerprint density at radius 1 is 1.35 bits per heavy atom. The fourth-order valence-corrected chi connectivity index (χ4v) is 2.50. The molecule has 23 heavy (non-hydrogen) atoms. The van der Waals surface area contributed by atoms with Crippen LogP contribution in [-0.4, -0.2) is 48.2 Å². The molecular formula is C16H24N2O4S. The van der Waals surface area contributed by atoms with Crippen LogP contribution in [0.1, 0.15) is 18.9 Å². The van der Waals surface area contributed by atoms with Gasteiger partial charge in [-0.1, -0.05) is 6.07 Å². The number of nitrogens with one attached hydrogen (secondary N) is 2. The van der Waals surface area contributed by atoms with Gasteiger partial charge in [0, 0.05) is 6.54 Å². The lowest BCUT2D eigenvalue weighted by molar-refractivity contribution is -0.136. The molecule has 1 rings (SSSR count). The standard InChI is InChI=1S/C16H24N2O4S/c1-11-5-6-13(22-3)12(9-11)18-15(20)14(19)17-10-16(2,21)7-8-23-4/h5-6,9,21H,7-8,10H2,1-4H3,(H,17,19)(H,18,20). The molecule has 1 atom stereocenters. The minimum absolute atomic E-state index is 0.0186. The molecule has 0 aromatic heterocycles. The number of aryl methyl sites for hydroxylation is 1. The maximum Gasteiger partial charge on any atom is 0.313 e. The van der Waals surface area contributed by atoms with Crippen molar-refractivity contribution in [1.29, 1.82) is 0 Å². The Labute approximate surface area is 141 Å². The second-order valence-electron chi connectivity index (χ2n) is 5.58. The summed E-state index contributed by atoms with van der Waals surface area (Å²) in [6.45, 7) is 3.52. The molecule has 0 spiro atoms. The summed E-state index contributed by atoms with van der Waals surface area (Å²) in [4.78, 5) is 23.8. The molecule has 2 amide bonds. The summed E-state index contributed by atoms with van der Waals surface area (Å²) < 4.78 is 5.15. The third-order valence-electron chi connectivity index (χ3n) is 3.28. The minimum atomic E-state index is -1.04. The van der Waals surface area contributed by atoms with E-state index in [-0.39, 0.29) is 6.54 Å². The van der Waals surface area contributed by atoms with Gasteiger partial charge in [0.15, 0.2) is 0 Å². The van der Waals surface area contributed by atoms with E-state index in [2.05, 4.69) is 10.6 Å². The summed E-state index contributed by atoms with van der Waals surface area (Å²) in [6, 6.07) is 5.28. The van der Waals surface area contributed by atoms with E-state index in [1.807, 2.05) is 19.2 Å². The van der Waals surface area contributed by atoms with Gasteiger partial charge in [-0.05, 0) is 50.0 Å². The monoisotopic (exact) mass is 340 g/mol. The number of carbonyl (C=O) groups is 2. The van der Waals surface area contributed by atoms with Crippen molar-refractivity contribution in [2.24, 2.45) is 0 Å². The summed E-state index contributed by atoms with van der Waals surface area (Å²) in [5.41, 5.74) is 0.322. The molecule has 0 aliphatic carbocycles. The third-order valence-corrected chi connectivity index (χ3v) is 3.90. The number of hydrogen-bond acceptors (Lipinski definition) is 5. The lowest BCUT2D eigenvalue weighted by Gasteiger charge is -2.23. The number of benzene rings is 1. The molecule has 0 saturated carbocycles. The zero-order valence-electron chi connectivity index (χ0n) is 13.9. The van der Waals surface area contributed by atoms with Gasteiger partial charge in [0.05, 0.1) is 18.4 Å². The average molecular weight is 340 g/mol. The van der Waals surface area contributed by atoms with Crippen LogP contribution in [0.2, 0.25) is 0 Å². The summed E-state index contributed by atoms with van der Waals surface area (Å²) in [5, 5.41) is 15.1. The number of carbonyl (C=O) groups excluding carboxylic acids is 2.